The van der Waals surface area contributed by atoms with Gasteiger partial charge in [0.05, 0.1) is 24.0 Å². The van der Waals surface area contributed by atoms with Gasteiger partial charge < -0.3 is 15.4 Å². The molecule has 0 unspecified atom stereocenters. The minimum atomic E-state index is -4.52. The van der Waals surface area contributed by atoms with Crippen molar-refractivity contribution in [2.75, 3.05) is 24.8 Å². The van der Waals surface area contributed by atoms with Crippen molar-refractivity contribution >= 4 is 17.5 Å². The van der Waals surface area contributed by atoms with Gasteiger partial charge in [-0.05, 0) is 13.8 Å². The monoisotopic (exact) mass is 344 g/mol. The number of hydrogen-bond donors (Lipinski definition) is 2. The van der Waals surface area contributed by atoms with Gasteiger partial charge in [0.1, 0.15) is 11.4 Å². The molecule has 2 heterocycles. The van der Waals surface area contributed by atoms with Gasteiger partial charge in [0, 0.05) is 26.6 Å². The highest BCUT2D eigenvalue weighted by atomic mass is 19.4. The van der Waals surface area contributed by atoms with E-state index in [2.05, 4.69) is 25.7 Å². The molecule has 0 aliphatic rings. The Morgan fingerprint density at radius 2 is 2.08 bits per heavy atom. The number of alkyl halides is 3. The van der Waals surface area contributed by atoms with Gasteiger partial charge in [-0.3, -0.25) is 4.68 Å². The summed E-state index contributed by atoms with van der Waals surface area (Å²) in [5, 5.41) is 9.63. The first-order chi connectivity index (χ1) is 11.2. The molecular weight excluding hydrogens is 325 g/mol. The Morgan fingerprint density at radius 3 is 2.67 bits per heavy atom. The lowest BCUT2D eigenvalue weighted by molar-refractivity contribution is -0.137. The van der Waals surface area contributed by atoms with Crippen LogP contribution in [-0.4, -0.2) is 40.0 Å². The Labute approximate surface area is 137 Å². The van der Waals surface area contributed by atoms with Crippen LogP contribution < -0.4 is 10.6 Å². The minimum absolute atomic E-state index is 0.0182. The molecule has 7 nitrogen and oxygen atoms in total. The van der Waals surface area contributed by atoms with E-state index in [4.69, 9.17) is 4.74 Å². The molecule has 2 aromatic heterocycles. The number of nitrogens with zero attached hydrogens (tertiary/aromatic N) is 4. The number of anilines is 3. The van der Waals surface area contributed by atoms with Crippen molar-refractivity contribution in [2.24, 2.45) is 0 Å². The molecule has 0 aromatic carbocycles. The molecule has 0 aliphatic carbocycles. The lowest BCUT2D eigenvalue weighted by Crippen LogP contribution is -2.15. The van der Waals surface area contributed by atoms with E-state index in [0.29, 0.717) is 17.9 Å². The minimum Gasteiger partial charge on any atom is -0.380 e. The molecule has 10 heteroatoms. The second kappa shape index (κ2) is 7.04. The third-order valence-electron chi connectivity index (χ3n) is 3.37. The number of hydrogen-bond acceptors (Lipinski definition) is 6. The molecule has 0 spiro atoms. The van der Waals surface area contributed by atoms with E-state index in [-0.39, 0.29) is 17.9 Å². The van der Waals surface area contributed by atoms with Gasteiger partial charge in [0.15, 0.2) is 0 Å². The van der Waals surface area contributed by atoms with E-state index in [1.807, 2.05) is 6.92 Å². The second-order valence-corrected chi connectivity index (χ2v) is 5.23. The van der Waals surface area contributed by atoms with Gasteiger partial charge in [-0.15, -0.1) is 0 Å². The quantitative estimate of drug-likeness (QED) is 0.839. The van der Waals surface area contributed by atoms with Crippen molar-refractivity contribution in [3.05, 3.63) is 23.7 Å². The third-order valence-corrected chi connectivity index (χ3v) is 3.37. The van der Waals surface area contributed by atoms with E-state index in [1.165, 1.54) is 7.05 Å². The maximum absolute atomic E-state index is 12.9. The first kappa shape index (κ1) is 18.0. The average molecular weight is 344 g/mol. The fourth-order valence-corrected chi connectivity index (χ4v) is 2.03. The summed E-state index contributed by atoms with van der Waals surface area (Å²) in [6.45, 7) is 4.23. The Morgan fingerprint density at radius 1 is 1.38 bits per heavy atom. The largest absolute Gasteiger partial charge is 0.421 e. The molecule has 2 rings (SSSR count). The average Bonchev–Trinajstić information content (AvgIpc) is 2.85. The molecule has 0 fully saturated rings. The van der Waals surface area contributed by atoms with Crippen LogP contribution in [0, 0.1) is 6.92 Å². The molecular formula is C14H19F3N6O. The Bertz CT molecular complexity index is 700. The van der Waals surface area contributed by atoms with Gasteiger partial charge in [-0.25, -0.2) is 4.98 Å². The van der Waals surface area contributed by atoms with Crippen molar-refractivity contribution in [3.8, 4) is 0 Å². The van der Waals surface area contributed by atoms with Gasteiger partial charge in [-0.2, -0.15) is 23.3 Å². The van der Waals surface area contributed by atoms with Crippen LogP contribution >= 0.6 is 0 Å². The standard InChI is InChI=1S/C14H19F3N6O/c1-8(24-4)6-23-7-11(9(2)22-23)20-13-19-5-10(14(15,16)17)12(18-3)21-13/h5,7-8H,6H2,1-4H3,(H2,18,19,20,21)/t8-/m0/s1. The Hall–Kier alpha value is -2.36. The first-order valence-electron chi connectivity index (χ1n) is 7.20. The van der Waals surface area contributed by atoms with E-state index in [9.17, 15) is 13.2 Å². The predicted molar refractivity (Wildman–Crippen MR) is 83.3 cm³/mol. The highest BCUT2D eigenvalue weighted by Crippen LogP contribution is 2.33. The van der Waals surface area contributed by atoms with Crippen LogP contribution in [0.3, 0.4) is 0 Å². The number of aryl methyl sites for hydroxylation is 1. The molecule has 0 bridgehead atoms. The van der Waals surface area contributed by atoms with Crippen LogP contribution in [-0.2, 0) is 17.5 Å². The summed E-state index contributed by atoms with van der Waals surface area (Å²) >= 11 is 0. The van der Waals surface area contributed by atoms with E-state index in [0.717, 1.165) is 6.20 Å². The van der Waals surface area contributed by atoms with Crippen LogP contribution in [0.15, 0.2) is 12.4 Å². The van der Waals surface area contributed by atoms with E-state index < -0.39 is 11.7 Å². The van der Waals surface area contributed by atoms with Crippen LogP contribution in [0.1, 0.15) is 18.2 Å². The van der Waals surface area contributed by atoms with Crippen molar-refractivity contribution in [1.29, 1.82) is 0 Å². The summed E-state index contributed by atoms with van der Waals surface area (Å²) in [4.78, 5) is 7.60. The lowest BCUT2D eigenvalue weighted by atomic mass is 10.3. The Kier molecular flexibility index (Phi) is 5.27. The van der Waals surface area contributed by atoms with Crippen molar-refractivity contribution < 1.29 is 17.9 Å². The fourth-order valence-electron chi connectivity index (χ4n) is 2.03. The predicted octanol–water partition coefficient (Wildman–Crippen LogP) is 2.82. The summed E-state index contributed by atoms with van der Waals surface area (Å²) in [7, 11) is 2.98. The number of halogens is 3. The summed E-state index contributed by atoms with van der Waals surface area (Å²) in [5.41, 5.74) is 0.366. The zero-order valence-electron chi connectivity index (χ0n) is 13.8. The number of methoxy groups -OCH3 is 1. The number of ether oxygens (including phenoxy) is 1. The van der Waals surface area contributed by atoms with Gasteiger partial charge in [0.2, 0.25) is 5.95 Å². The molecule has 0 radical (unpaired) electrons. The number of aromatic nitrogens is 4. The van der Waals surface area contributed by atoms with Crippen LogP contribution in [0.4, 0.5) is 30.6 Å². The van der Waals surface area contributed by atoms with Gasteiger partial charge in [-0.1, -0.05) is 0 Å². The highest BCUT2D eigenvalue weighted by Gasteiger charge is 2.35. The smallest absolute Gasteiger partial charge is 0.380 e. The molecule has 0 amide bonds. The molecule has 2 aromatic rings. The SMILES string of the molecule is CNc1nc(Nc2cn(C[C@H](C)OC)nc2C)ncc1C(F)(F)F. The molecule has 132 valence electrons. The molecule has 24 heavy (non-hydrogen) atoms. The molecule has 2 N–H and O–H groups in total. The van der Waals surface area contributed by atoms with Gasteiger partial charge >= 0.3 is 6.18 Å². The zero-order valence-corrected chi connectivity index (χ0v) is 13.8. The molecule has 0 saturated carbocycles. The normalized spacial score (nSPS) is 13.0. The zero-order chi connectivity index (χ0) is 17.9. The summed E-state index contributed by atoms with van der Waals surface area (Å²) in [6.07, 6.45) is -2.07. The van der Waals surface area contributed by atoms with Crippen LogP contribution in [0.25, 0.3) is 0 Å². The first-order valence-corrected chi connectivity index (χ1v) is 7.20. The van der Waals surface area contributed by atoms with Gasteiger partial charge in [0.25, 0.3) is 0 Å². The number of rotatable bonds is 6. The fraction of sp³-hybridized carbons (Fsp3) is 0.500. The highest BCUT2D eigenvalue weighted by molar-refractivity contribution is 5.57. The summed E-state index contributed by atoms with van der Waals surface area (Å²) in [6, 6.07) is 0. The molecule has 1 atom stereocenters. The number of nitrogens with one attached hydrogen (secondary N) is 2. The maximum atomic E-state index is 12.9. The van der Waals surface area contributed by atoms with Crippen LogP contribution in [0.5, 0.6) is 0 Å². The van der Waals surface area contributed by atoms with Crippen molar-refractivity contribution in [2.45, 2.75) is 32.7 Å². The summed E-state index contributed by atoms with van der Waals surface area (Å²) in [5.74, 6) is -0.243. The lowest BCUT2D eigenvalue weighted by Gasteiger charge is -2.12. The second-order valence-electron chi connectivity index (χ2n) is 5.23. The maximum Gasteiger partial charge on any atom is 0.421 e. The molecule has 0 aliphatic heterocycles. The van der Waals surface area contributed by atoms with Crippen LogP contribution in [0.2, 0.25) is 0 Å². The summed E-state index contributed by atoms with van der Waals surface area (Å²) < 4.78 is 45.4. The third kappa shape index (κ3) is 4.13. The van der Waals surface area contributed by atoms with E-state index in [1.54, 1.807) is 24.9 Å². The van der Waals surface area contributed by atoms with E-state index >= 15 is 0 Å². The van der Waals surface area contributed by atoms with Crippen molar-refractivity contribution in [3.63, 3.8) is 0 Å². The molecule has 0 saturated heterocycles. The van der Waals surface area contributed by atoms with Crippen molar-refractivity contribution in [1.82, 2.24) is 19.7 Å². The Balaban J connectivity index is 2.22. The topological polar surface area (TPSA) is 76.9 Å².